The first-order valence-corrected chi connectivity index (χ1v) is 15.4. The first kappa shape index (κ1) is 26.2. The number of piperidine rings is 1. The van der Waals surface area contributed by atoms with E-state index >= 15 is 0 Å². The Kier molecular flexibility index (Phi) is 8.51. The Balaban J connectivity index is 1.46. The molecular formula is C32H43N3OS. The van der Waals surface area contributed by atoms with Gasteiger partial charge < -0.3 is 14.7 Å². The van der Waals surface area contributed by atoms with Crippen molar-refractivity contribution < 1.29 is 4.79 Å². The van der Waals surface area contributed by atoms with Crippen LogP contribution in [0.15, 0.2) is 47.8 Å². The van der Waals surface area contributed by atoms with Crippen LogP contribution in [0.2, 0.25) is 0 Å². The zero-order valence-electron chi connectivity index (χ0n) is 22.9. The van der Waals surface area contributed by atoms with E-state index in [-0.39, 0.29) is 5.91 Å². The number of hydrogen-bond donors (Lipinski definition) is 0. The summed E-state index contributed by atoms with van der Waals surface area (Å²) in [6.07, 6.45) is 8.93. The minimum atomic E-state index is 0.104. The lowest BCUT2D eigenvalue weighted by Crippen LogP contribution is -2.38. The SMILES string of the molecule is CCCN(C(=O)c1ccccc1N(CC)CC)c1ccc2scc(C3CCC4CCCCN4CC3)c2c1. The van der Waals surface area contributed by atoms with E-state index in [0.717, 1.165) is 49.0 Å². The second-order valence-corrected chi connectivity index (χ2v) is 11.7. The number of anilines is 2. The number of amides is 1. The Bertz CT molecular complexity index is 1180. The van der Waals surface area contributed by atoms with Gasteiger partial charge in [0.25, 0.3) is 5.91 Å². The van der Waals surface area contributed by atoms with Gasteiger partial charge in [0, 0.05) is 41.8 Å². The van der Waals surface area contributed by atoms with Crippen molar-refractivity contribution in [1.82, 2.24) is 4.90 Å². The lowest BCUT2D eigenvalue weighted by Gasteiger charge is -2.33. The van der Waals surface area contributed by atoms with Crippen LogP contribution in [0.4, 0.5) is 11.4 Å². The van der Waals surface area contributed by atoms with E-state index in [4.69, 9.17) is 0 Å². The average Bonchev–Trinajstić information content (AvgIpc) is 3.24. The van der Waals surface area contributed by atoms with Gasteiger partial charge in [-0.3, -0.25) is 4.79 Å². The largest absolute Gasteiger partial charge is 0.371 e. The Morgan fingerprint density at radius 2 is 1.81 bits per heavy atom. The van der Waals surface area contributed by atoms with Gasteiger partial charge in [-0.1, -0.05) is 25.5 Å². The molecule has 0 radical (unpaired) electrons. The highest BCUT2D eigenvalue weighted by molar-refractivity contribution is 7.17. The second kappa shape index (κ2) is 12.0. The average molecular weight is 518 g/mol. The summed E-state index contributed by atoms with van der Waals surface area (Å²) >= 11 is 1.87. The fourth-order valence-electron chi connectivity index (χ4n) is 6.58. The molecule has 2 saturated heterocycles. The van der Waals surface area contributed by atoms with Gasteiger partial charge in [0.05, 0.1) is 5.56 Å². The van der Waals surface area contributed by atoms with E-state index < -0.39 is 0 Å². The van der Waals surface area contributed by atoms with Crippen molar-refractivity contribution >= 4 is 38.7 Å². The van der Waals surface area contributed by atoms with E-state index in [1.807, 2.05) is 34.4 Å². The Labute approximate surface area is 227 Å². The third-order valence-electron chi connectivity index (χ3n) is 8.63. The molecular weight excluding hydrogens is 474 g/mol. The van der Waals surface area contributed by atoms with E-state index in [1.54, 1.807) is 0 Å². The van der Waals surface area contributed by atoms with Crippen LogP contribution in [-0.2, 0) is 0 Å². The molecule has 2 atom stereocenters. The highest BCUT2D eigenvalue weighted by Gasteiger charge is 2.29. The molecule has 0 spiro atoms. The van der Waals surface area contributed by atoms with Crippen molar-refractivity contribution in [3.8, 4) is 0 Å². The van der Waals surface area contributed by atoms with E-state index in [1.165, 1.54) is 67.3 Å². The molecule has 2 aromatic carbocycles. The number of rotatable bonds is 8. The van der Waals surface area contributed by atoms with Crippen LogP contribution in [0.1, 0.15) is 87.6 Å². The van der Waals surface area contributed by atoms with Gasteiger partial charge in [-0.25, -0.2) is 0 Å². The normalized spacial score (nSPS) is 20.4. The van der Waals surface area contributed by atoms with Crippen LogP contribution >= 0.6 is 11.3 Å². The van der Waals surface area contributed by atoms with E-state index in [0.29, 0.717) is 5.92 Å². The molecule has 3 aromatic rings. The summed E-state index contributed by atoms with van der Waals surface area (Å²) in [4.78, 5) is 21.1. The fraction of sp³-hybridized carbons (Fsp3) is 0.531. The number of fused-ring (bicyclic) bond motifs is 2. The minimum absolute atomic E-state index is 0.104. The van der Waals surface area contributed by atoms with Crippen molar-refractivity contribution in [2.75, 3.05) is 42.5 Å². The molecule has 2 unspecified atom stereocenters. The first-order valence-electron chi connectivity index (χ1n) is 14.6. The maximum absolute atomic E-state index is 14.0. The minimum Gasteiger partial charge on any atom is -0.371 e. The summed E-state index contributed by atoms with van der Waals surface area (Å²) in [6, 6.07) is 15.6. The molecule has 0 bridgehead atoms. The molecule has 0 aliphatic carbocycles. The summed E-state index contributed by atoms with van der Waals surface area (Å²) in [6.45, 7) is 11.5. The molecule has 5 rings (SSSR count). The van der Waals surface area contributed by atoms with Crippen LogP contribution in [0, 0.1) is 0 Å². The fourth-order valence-corrected chi connectivity index (χ4v) is 7.61. The summed E-state index contributed by atoms with van der Waals surface area (Å²) in [7, 11) is 0. The van der Waals surface area contributed by atoms with Gasteiger partial charge in [0.2, 0.25) is 0 Å². The van der Waals surface area contributed by atoms with Crippen molar-refractivity contribution in [3.05, 3.63) is 59.0 Å². The molecule has 2 fully saturated rings. The van der Waals surface area contributed by atoms with Gasteiger partial charge in [-0.2, -0.15) is 0 Å². The molecule has 37 heavy (non-hydrogen) atoms. The topological polar surface area (TPSA) is 26.8 Å². The number of carbonyl (C=O) groups excluding carboxylic acids is 1. The third-order valence-corrected chi connectivity index (χ3v) is 9.61. The number of para-hydroxylation sites is 1. The number of thiophene rings is 1. The highest BCUT2D eigenvalue weighted by Crippen LogP contribution is 2.40. The molecule has 1 aromatic heterocycles. The molecule has 1 amide bonds. The van der Waals surface area contributed by atoms with Crippen molar-refractivity contribution in [3.63, 3.8) is 0 Å². The zero-order chi connectivity index (χ0) is 25.8. The lowest BCUT2D eigenvalue weighted by atomic mass is 9.90. The maximum atomic E-state index is 14.0. The lowest BCUT2D eigenvalue weighted by molar-refractivity contribution is 0.0987. The monoisotopic (exact) mass is 517 g/mol. The molecule has 0 N–H and O–H groups in total. The van der Waals surface area contributed by atoms with Crippen LogP contribution in [0.3, 0.4) is 0 Å². The van der Waals surface area contributed by atoms with Gasteiger partial charge >= 0.3 is 0 Å². The van der Waals surface area contributed by atoms with Crippen molar-refractivity contribution in [2.24, 2.45) is 0 Å². The highest BCUT2D eigenvalue weighted by atomic mass is 32.1. The molecule has 3 heterocycles. The predicted molar refractivity (Wildman–Crippen MR) is 160 cm³/mol. The van der Waals surface area contributed by atoms with E-state index in [2.05, 4.69) is 60.2 Å². The molecule has 5 heteroatoms. The third kappa shape index (κ3) is 5.44. The van der Waals surface area contributed by atoms with Gasteiger partial charge in [-0.15, -0.1) is 11.3 Å². The summed E-state index contributed by atoms with van der Waals surface area (Å²) in [5.74, 6) is 0.722. The van der Waals surface area contributed by atoms with Gasteiger partial charge in [0.15, 0.2) is 0 Å². The van der Waals surface area contributed by atoms with Crippen LogP contribution in [0.5, 0.6) is 0 Å². The number of benzene rings is 2. The smallest absolute Gasteiger partial charge is 0.260 e. The quantitative estimate of drug-likeness (QED) is 0.304. The number of nitrogens with zero attached hydrogens (tertiary/aromatic N) is 3. The van der Waals surface area contributed by atoms with Gasteiger partial charge in [0.1, 0.15) is 0 Å². The second-order valence-electron chi connectivity index (χ2n) is 10.8. The van der Waals surface area contributed by atoms with Crippen molar-refractivity contribution in [1.29, 1.82) is 0 Å². The van der Waals surface area contributed by atoms with Crippen LogP contribution in [0.25, 0.3) is 10.1 Å². The van der Waals surface area contributed by atoms with Crippen LogP contribution < -0.4 is 9.80 Å². The van der Waals surface area contributed by atoms with Gasteiger partial charge in [-0.05, 0) is 118 Å². The summed E-state index contributed by atoms with van der Waals surface area (Å²) in [5, 5.41) is 3.77. The number of carbonyl (C=O) groups is 1. The molecule has 2 aliphatic rings. The molecule has 4 nitrogen and oxygen atoms in total. The maximum Gasteiger partial charge on any atom is 0.260 e. The number of hydrogen-bond acceptors (Lipinski definition) is 4. The van der Waals surface area contributed by atoms with Crippen molar-refractivity contribution in [2.45, 2.75) is 77.7 Å². The van der Waals surface area contributed by atoms with E-state index in [9.17, 15) is 4.79 Å². The molecule has 198 valence electrons. The predicted octanol–water partition coefficient (Wildman–Crippen LogP) is 7.93. The summed E-state index contributed by atoms with van der Waals surface area (Å²) in [5.41, 5.74) is 4.37. The first-order chi connectivity index (χ1) is 18.1. The summed E-state index contributed by atoms with van der Waals surface area (Å²) < 4.78 is 1.34. The Hall–Kier alpha value is -2.37. The molecule has 2 aliphatic heterocycles. The van der Waals surface area contributed by atoms with Crippen LogP contribution in [-0.4, -0.2) is 49.6 Å². The standard InChI is InChI=1S/C32H43N3OS/c1-4-19-35(32(36)27-12-7-8-13-30(27)33(5-2)6-3)26-16-17-31-28(22-26)29(23-37-31)24-14-15-25-11-9-10-20-34(25)21-18-24/h7-8,12-13,16-17,22-25H,4-6,9-11,14-15,18-21H2,1-3H3. The Morgan fingerprint density at radius 1 is 0.973 bits per heavy atom. The molecule has 0 saturated carbocycles. The Morgan fingerprint density at radius 3 is 2.62 bits per heavy atom. The zero-order valence-corrected chi connectivity index (χ0v) is 23.7.